The fourth-order valence-corrected chi connectivity index (χ4v) is 4.12. The van der Waals surface area contributed by atoms with E-state index < -0.39 is 11.6 Å². The lowest BCUT2D eigenvalue weighted by atomic mass is 10.1. The fraction of sp³-hybridized carbons (Fsp3) is 0.571. The lowest BCUT2D eigenvalue weighted by Gasteiger charge is -2.19. The number of carbonyl (C=O) groups excluding carboxylic acids is 1. The molecule has 1 aromatic rings. The number of benzene rings is 1. The normalized spacial score (nSPS) is 26.5. The van der Waals surface area contributed by atoms with Crippen LogP contribution >= 0.6 is 0 Å². The molecule has 3 nitrogen and oxygen atoms in total. The maximum Gasteiger partial charge on any atom is 0.224 e. The molecule has 1 aromatic carbocycles. The molecule has 1 heterocycles. The smallest absolute Gasteiger partial charge is 0.224 e. The standard InChI is InChI=1S/C21H28F2N2O/c1-13(2)9-16-19(21(16,3)4)20(26)24-11-14-7-8-25(12-14)15-5-6-17(22)18(23)10-15/h5-6,9-10,14,16,19H,7-8,11-12H2,1-4H3,(H,24,26)/t14-,16-,19+/m1/s1. The summed E-state index contributed by atoms with van der Waals surface area (Å²) in [5, 5.41) is 3.11. The maximum absolute atomic E-state index is 13.4. The van der Waals surface area contributed by atoms with Gasteiger partial charge in [0.1, 0.15) is 0 Å². The van der Waals surface area contributed by atoms with Gasteiger partial charge in [-0.25, -0.2) is 8.78 Å². The van der Waals surface area contributed by atoms with Gasteiger partial charge in [0.05, 0.1) is 5.92 Å². The van der Waals surface area contributed by atoms with Crippen molar-refractivity contribution < 1.29 is 13.6 Å². The summed E-state index contributed by atoms with van der Waals surface area (Å²) in [4.78, 5) is 14.6. The molecule has 0 aromatic heterocycles. The molecule has 3 atom stereocenters. The van der Waals surface area contributed by atoms with Crippen LogP contribution in [0.5, 0.6) is 0 Å². The highest BCUT2D eigenvalue weighted by Crippen LogP contribution is 2.59. The van der Waals surface area contributed by atoms with Gasteiger partial charge in [-0.15, -0.1) is 0 Å². The number of rotatable bonds is 5. The van der Waals surface area contributed by atoms with Crippen LogP contribution in [0.15, 0.2) is 29.8 Å². The van der Waals surface area contributed by atoms with E-state index in [9.17, 15) is 13.6 Å². The van der Waals surface area contributed by atoms with Crippen molar-refractivity contribution >= 4 is 11.6 Å². The Balaban J connectivity index is 1.51. The van der Waals surface area contributed by atoms with Crippen LogP contribution in [0, 0.1) is 34.8 Å². The first kappa shape index (κ1) is 18.9. The number of anilines is 1. The van der Waals surface area contributed by atoms with E-state index in [0.717, 1.165) is 19.5 Å². The third-order valence-corrected chi connectivity index (χ3v) is 5.83. The molecule has 0 bridgehead atoms. The first-order chi connectivity index (χ1) is 12.2. The summed E-state index contributed by atoms with van der Waals surface area (Å²) in [6.07, 6.45) is 3.13. The number of allylic oxidation sites excluding steroid dienone is 2. The lowest BCUT2D eigenvalue weighted by molar-refractivity contribution is -0.123. The van der Waals surface area contributed by atoms with Crippen LogP contribution < -0.4 is 10.2 Å². The maximum atomic E-state index is 13.4. The summed E-state index contributed by atoms with van der Waals surface area (Å²) in [5.41, 5.74) is 1.97. The third kappa shape index (κ3) is 3.76. The predicted octanol–water partition coefficient (Wildman–Crippen LogP) is 4.15. The van der Waals surface area contributed by atoms with Gasteiger partial charge in [-0.1, -0.05) is 25.5 Å². The first-order valence-electron chi connectivity index (χ1n) is 9.33. The number of hydrogen-bond donors (Lipinski definition) is 1. The molecule has 142 valence electrons. The van der Waals surface area contributed by atoms with Gasteiger partial charge in [-0.3, -0.25) is 4.79 Å². The zero-order valence-corrected chi connectivity index (χ0v) is 16.0. The Bertz CT molecular complexity index is 725. The van der Waals surface area contributed by atoms with Crippen molar-refractivity contribution in [2.45, 2.75) is 34.1 Å². The Morgan fingerprint density at radius 1 is 1.31 bits per heavy atom. The molecule has 1 aliphatic heterocycles. The fourth-order valence-electron chi connectivity index (χ4n) is 4.12. The molecule has 1 saturated carbocycles. The van der Waals surface area contributed by atoms with Gasteiger partial charge < -0.3 is 10.2 Å². The van der Waals surface area contributed by atoms with Crippen LogP contribution in [-0.4, -0.2) is 25.5 Å². The molecule has 2 fully saturated rings. The van der Waals surface area contributed by atoms with E-state index in [-0.39, 0.29) is 17.2 Å². The molecular formula is C21H28F2N2O. The Labute approximate surface area is 154 Å². The number of nitrogens with one attached hydrogen (secondary N) is 1. The highest BCUT2D eigenvalue weighted by molar-refractivity contribution is 5.83. The van der Waals surface area contributed by atoms with Crippen LogP contribution in [0.4, 0.5) is 14.5 Å². The van der Waals surface area contributed by atoms with E-state index >= 15 is 0 Å². The summed E-state index contributed by atoms with van der Waals surface area (Å²) in [7, 11) is 0. The SMILES string of the molecule is CC(C)=C[C@@H]1[C@@H](C(=O)NC[C@H]2CCN(c3ccc(F)c(F)c3)C2)C1(C)C. The molecule has 1 amide bonds. The first-order valence-corrected chi connectivity index (χ1v) is 9.33. The summed E-state index contributed by atoms with van der Waals surface area (Å²) in [5.74, 6) is -0.828. The summed E-state index contributed by atoms with van der Waals surface area (Å²) in [6.45, 7) is 10.6. The second kappa shape index (κ2) is 7.01. The zero-order chi connectivity index (χ0) is 19.1. The van der Waals surface area contributed by atoms with E-state index in [1.54, 1.807) is 6.07 Å². The topological polar surface area (TPSA) is 32.3 Å². The van der Waals surface area contributed by atoms with Crippen molar-refractivity contribution in [2.24, 2.45) is 23.2 Å². The van der Waals surface area contributed by atoms with Crippen LogP contribution in [0.25, 0.3) is 0 Å². The van der Waals surface area contributed by atoms with Gasteiger partial charge >= 0.3 is 0 Å². The molecule has 26 heavy (non-hydrogen) atoms. The summed E-state index contributed by atoms with van der Waals surface area (Å²) < 4.78 is 26.5. The highest BCUT2D eigenvalue weighted by Gasteiger charge is 2.60. The van der Waals surface area contributed by atoms with Gasteiger partial charge in [0, 0.05) is 31.4 Å². The third-order valence-electron chi connectivity index (χ3n) is 5.83. The molecule has 0 spiro atoms. The van der Waals surface area contributed by atoms with Crippen molar-refractivity contribution in [3.05, 3.63) is 41.5 Å². The number of carbonyl (C=O) groups is 1. The number of nitrogens with zero attached hydrogens (tertiary/aromatic N) is 1. The minimum atomic E-state index is -0.824. The molecule has 1 aliphatic carbocycles. The van der Waals surface area contributed by atoms with Crippen molar-refractivity contribution in [3.8, 4) is 0 Å². The largest absolute Gasteiger partial charge is 0.371 e. The molecule has 2 aliphatic rings. The van der Waals surface area contributed by atoms with Crippen molar-refractivity contribution in [2.75, 3.05) is 24.5 Å². The van der Waals surface area contributed by atoms with Gasteiger partial charge in [0.2, 0.25) is 5.91 Å². The summed E-state index contributed by atoms with van der Waals surface area (Å²) in [6, 6.07) is 4.02. The molecule has 1 N–H and O–H groups in total. The Kier molecular flexibility index (Phi) is 5.09. The van der Waals surface area contributed by atoms with Gasteiger partial charge in [0.25, 0.3) is 0 Å². The van der Waals surface area contributed by atoms with Crippen molar-refractivity contribution in [1.82, 2.24) is 5.32 Å². The molecule has 1 saturated heterocycles. The van der Waals surface area contributed by atoms with E-state index in [1.807, 2.05) is 4.90 Å². The van der Waals surface area contributed by atoms with E-state index in [1.165, 1.54) is 17.7 Å². The molecule has 5 heteroatoms. The summed E-state index contributed by atoms with van der Waals surface area (Å²) >= 11 is 0. The van der Waals surface area contributed by atoms with Gasteiger partial charge in [-0.05, 0) is 49.7 Å². The monoisotopic (exact) mass is 362 g/mol. The van der Waals surface area contributed by atoms with Crippen LogP contribution in [-0.2, 0) is 4.79 Å². The second-order valence-electron chi connectivity index (χ2n) is 8.51. The van der Waals surface area contributed by atoms with Gasteiger partial charge in [-0.2, -0.15) is 0 Å². The number of halogens is 2. The Morgan fingerprint density at radius 3 is 2.69 bits per heavy atom. The Hall–Kier alpha value is -1.91. The average molecular weight is 362 g/mol. The molecule has 3 rings (SSSR count). The van der Waals surface area contributed by atoms with Crippen molar-refractivity contribution in [1.29, 1.82) is 0 Å². The predicted molar refractivity (Wildman–Crippen MR) is 99.9 cm³/mol. The molecular weight excluding hydrogens is 334 g/mol. The highest BCUT2D eigenvalue weighted by atomic mass is 19.2. The van der Waals surface area contributed by atoms with Crippen molar-refractivity contribution in [3.63, 3.8) is 0 Å². The van der Waals surface area contributed by atoms with Crippen LogP contribution in [0.3, 0.4) is 0 Å². The quantitative estimate of drug-likeness (QED) is 0.798. The lowest BCUT2D eigenvalue weighted by Crippen LogP contribution is -2.33. The minimum absolute atomic E-state index is 0.0225. The van der Waals surface area contributed by atoms with Gasteiger partial charge in [0.15, 0.2) is 11.6 Å². The number of hydrogen-bond acceptors (Lipinski definition) is 2. The zero-order valence-electron chi connectivity index (χ0n) is 16.0. The van der Waals surface area contributed by atoms with E-state index in [4.69, 9.17) is 0 Å². The number of amides is 1. The second-order valence-corrected chi connectivity index (χ2v) is 8.51. The minimum Gasteiger partial charge on any atom is -0.371 e. The van der Waals surface area contributed by atoms with E-state index in [2.05, 4.69) is 39.1 Å². The van der Waals surface area contributed by atoms with Crippen LogP contribution in [0.1, 0.15) is 34.1 Å². The van der Waals surface area contributed by atoms with Crippen LogP contribution in [0.2, 0.25) is 0 Å². The average Bonchev–Trinajstić information content (AvgIpc) is 2.92. The van der Waals surface area contributed by atoms with E-state index in [0.29, 0.717) is 24.1 Å². The molecule has 0 unspecified atom stereocenters. The molecule has 0 radical (unpaired) electrons. The Morgan fingerprint density at radius 2 is 2.04 bits per heavy atom.